The van der Waals surface area contributed by atoms with Gasteiger partial charge < -0.3 is 0 Å². The van der Waals surface area contributed by atoms with Gasteiger partial charge >= 0.3 is 0 Å². The predicted octanol–water partition coefficient (Wildman–Crippen LogP) is 6.45. The second-order valence-corrected chi connectivity index (χ2v) is 8.10. The lowest BCUT2D eigenvalue weighted by atomic mass is 9.89. The highest BCUT2D eigenvalue weighted by Crippen LogP contribution is 2.45. The molecule has 0 N–H and O–H groups in total. The van der Waals surface area contributed by atoms with Crippen LogP contribution >= 0.6 is 0 Å². The summed E-state index contributed by atoms with van der Waals surface area (Å²) in [7, 11) is 0. The molecular formula is C19H36. The van der Waals surface area contributed by atoms with E-state index in [1.165, 1.54) is 57.8 Å². The molecule has 19 heavy (non-hydrogen) atoms. The van der Waals surface area contributed by atoms with Crippen molar-refractivity contribution < 1.29 is 0 Å². The standard InChI is InChI=1S/C12H22.C7H14/c1-9-3-4-10(2)8-12(7-9)11-5-6-11;1-7-5-3-2-4-6-7/h9-12H,3-8H2,1-2H3;7H,2-6H2,1H3. The van der Waals surface area contributed by atoms with E-state index in [-0.39, 0.29) is 0 Å². The van der Waals surface area contributed by atoms with E-state index in [4.69, 9.17) is 0 Å². The minimum Gasteiger partial charge on any atom is -0.0625 e. The van der Waals surface area contributed by atoms with Gasteiger partial charge in [-0.2, -0.15) is 0 Å². The molecule has 0 heteroatoms. The highest BCUT2D eigenvalue weighted by atomic mass is 14.4. The molecule has 3 fully saturated rings. The first-order valence-electron chi connectivity index (χ1n) is 9.15. The highest BCUT2D eigenvalue weighted by molar-refractivity contribution is 4.85. The average molecular weight is 264 g/mol. The number of rotatable bonds is 1. The van der Waals surface area contributed by atoms with E-state index in [1.807, 2.05) is 0 Å². The molecule has 3 rings (SSSR count). The minimum absolute atomic E-state index is 1.01. The molecule has 0 bridgehead atoms. The SMILES string of the molecule is CC1CCC(C)CC(C2CC2)C1.CC1CCCCC1. The van der Waals surface area contributed by atoms with Gasteiger partial charge in [0.05, 0.1) is 0 Å². The summed E-state index contributed by atoms with van der Waals surface area (Å²) in [5, 5.41) is 0. The molecule has 0 nitrogen and oxygen atoms in total. The van der Waals surface area contributed by atoms with Gasteiger partial charge in [-0.3, -0.25) is 0 Å². The Morgan fingerprint density at radius 1 is 0.474 bits per heavy atom. The normalized spacial score (nSPS) is 37.1. The van der Waals surface area contributed by atoms with Crippen molar-refractivity contribution in [2.75, 3.05) is 0 Å². The van der Waals surface area contributed by atoms with E-state index in [0.29, 0.717) is 0 Å². The van der Waals surface area contributed by atoms with E-state index in [1.54, 1.807) is 12.8 Å². The van der Waals surface area contributed by atoms with Gasteiger partial charge in [-0.25, -0.2) is 0 Å². The maximum atomic E-state index is 2.45. The third kappa shape index (κ3) is 5.88. The van der Waals surface area contributed by atoms with E-state index in [0.717, 1.165) is 29.6 Å². The first-order valence-corrected chi connectivity index (χ1v) is 9.15. The Kier molecular flexibility index (Phi) is 6.23. The minimum atomic E-state index is 1.01. The van der Waals surface area contributed by atoms with Gasteiger partial charge in [-0.15, -0.1) is 0 Å². The fourth-order valence-corrected chi connectivity index (χ4v) is 4.19. The highest BCUT2D eigenvalue weighted by Gasteiger charge is 2.34. The smallest absolute Gasteiger partial charge is 0.0381 e. The van der Waals surface area contributed by atoms with Crippen LogP contribution in [-0.4, -0.2) is 0 Å². The molecule has 0 aliphatic heterocycles. The van der Waals surface area contributed by atoms with Gasteiger partial charge in [0, 0.05) is 0 Å². The fraction of sp³-hybridized carbons (Fsp3) is 1.00. The number of hydrogen-bond acceptors (Lipinski definition) is 0. The Balaban J connectivity index is 0.000000163. The van der Waals surface area contributed by atoms with Gasteiger partial charge in [-0.05, 0) is 55.3 Å². The molecular weight excluding hydrogens is 228 g/mol. The zero-order chi connectivity index (χ0) is 13.7. The van der Waals surface area contributed by atoms with E-state index >= 15 is 0 Å². The van der Waals surface area contributed by atoms with Gasteiger partial charge in [-0.1, -0.05) is 65.7 Å². The third-order valence-corrected chi connectivity index (χ3v) is 5.75. The lowest BCUT2D eigenvalue weighted by Gasteiger charge is -2.17. The Hall–Kier alpha value is 0. The molecule has 0 aromatic carbocycles. The van der Waals surface area contributed by atoms with Crippen molar-refractivity contribution >= 4 is 0 Å². The van der Waals surface area contributed by atoms with Crippen molar-refractivity contribution in [1.29, 1.82) is 0 Å². The van der Waals surface area contributed by atoms with Crippen LogP contribution in [-0.2, 0) is 0 Å². The molecule has 0 saturated heterocycles. The average Bonchev–Trinajstić information content (AvgIpc) is 3.21. The van der Waals surface area contributed by atoms with Crippen molar-refractivity contribution in [3.63, 3.8) is 0 Å². The topological polar surface area (TPSA) is 0 Å². The maximum Gasteiger partial charge on any atom is -0.0381 e. The molecule has 112 valence electrons. The van der Waals surface area contributed by atoms with E-state index in [2.05, 4.69) is 20.8 Å². The van der Waals surface area contributed by atoms with Crippen LogP contribution < -0.4 is 0 Å². The van der Waals surface area contributed by atoms with Crippen LogP contribution in [0.2, 0.25) is 0 Å². The summed E-state index contributed by atoms with van der Waals surface area (Å²) in [6, 6.07) is 0. The van der Waals surface area contributed by atoms with Crippen molar-refractivity contribution in [3.05, 3.63) is 0 Å². The Morgan fingerprint density at radius 2 is 1.00 bits per heavy atom. The largest absolute Gasteiger partial charge is 0.0625 e. The lowest BCUT2D eigenvalue weighted by Crippen LogP contribution is -2.07. The van der Waals surface area contributed by atoms with Crippen LogP contribution in [0.15, 0.2) is 0 Å². The van der Waals surface area contributed by atoms with E-state index in [9.17, 15) is 0 Å². The van der Waals surface area contributed by atoms with Crippen molar-refractivity contribution in [2.24, 2.45) is 29.6 Å². The summed E-state index contributed by atoms with van der Waals surface area (Å²) < 4.78 is 0. The summed E-state index contributed by atoms with van der Waals surface area (Å²) >= 11 is 0. The Bertz CT molecular complexity index is 222. The Morgan fingerprint density at radius 3 is 1.37 bits per heavy atom. The molecule has 0 heterocycles. The monoisotopic (exact) mass is 264 g/mol. The molecule has 3 saturated carbocycles. The first-order chi connectivity index (χ1) is 9.15. The van der Waals surface area contributed by atoms with Crippen LogP contribution in [0.25, 0.3) is 0 Å². The Labute approximate surface area is 121 Å². The maximum absolute atomic E-state index is 2.45. The van der Waals surface area contributed by atoms with Crippen LogP contribution in [0.1, 0.15) is 91.4 Å². The zero-order valence-electron chi connectivity index (χ0n) is 13.7. The molecule has 0 amide bonds. The molecule has 0 spiro atoms. The molecule has 2 unspecified atom stereocenters. The van der Waals surface area contributed by atoms with Gasteiger partial charge in [0.1, 0.15) is 0 Å². The summed E-state index contributed by atoms with van der Waals surface area (Å²) in [4.78, 5) is 0. The third-order valence-electron chi connectivity index (χ3n) is 5.75. The van der Waals surface area contributed by atoms with Crippen LogP contribution in [0, 0.1) is 29.6 Å². The molecule has 0 aromatic rings. The summed E-state index contributed by atoms with van der Waals surface area (Å²) in [5.41, 5.74) is 0. The number of hydrogen-bond donors (Lipinski definition) is 0. The molecule has 2 atom stereocenters. The first kappa shape index (κ1) is 15.4. The van der Waals surface area contributed by atoms with Crippen LogP contribution in [0.3, 0.4) is 0 Å². The fourth-order valence-electron chi connectivity index (χ4n) is 4.19. The molecule has 0 radical (unpaired) electrons. The van der Waals surface area contributed by atoms with Gasteiger partial charge in [0.15, 0.2) is 0 Å². The van der Waals surface area contributed by atoms with Crippen LogP contribution in [0.5, 0.6) is 0 Å². The van der Waals surface area contributed by atoms with Gasteiger partial charge in [0.2, 0.25) is 0 Å². The quantitative estimate of drug-likeness (QED) is 0.478. The summed E-state index contributed by atoms with van der Waals surface area (Å²) in [6.07, 6.45) is 16.6. The zero-order valence-corrected chi connectivity index (χ0v) is 13.7. The van der Waals surface area contributed by atoms with Crippen LogP contribution in [0.4, 0.5) is 0 Å². The summed E-state index contributed by atoms with van der Waals surface area (Å²) in [5.74, 6) is 5.32. The molecule has 0 aromatic heterocycles. The van der Waals surface area contributed by atoms with Crippen molar-refractivity contribution in [3.8, 4) is 0 Å². The van der Waals surface area contributed by atoms with Gasteiger partial charge in [0.25, 0.3) is 0 Å². The molecule has 3 aliphatic carbocycles. The molecule has 3 aliphatic rings. The van der Waals surface area contributed by atoms with Crippen molar-refractivity contribution in [2.45, 2.75) is 91.4 Å². The van der Waals surface area contributed by atoms with E-state index < -0.39 is 0 Å². The summed E-state index contributed by atoms with van der Waals surface area (Å²) in [6.45, 7) is 7.26. The lowest BCUT2D eigenvalue weighted by molar-refractivity contribution is 0.336. The predicted molar refractivity (Wildman–Crippen MR) is 85.3 cm³/mol. The second kappa shape index (κ2) is 7.70. The second-order valence-electron chi connectivity index (χ2n) is 8.10. The van der Waals surface area contributed by atoms with Crippen molar-refractivity contribution in [1.82, 2.24) is 0 Å².